The van der Waals surface area contributed by atoms with Crippen LogP contribution in [0.15, 0.2) is 12.2 Å². The third-order valence-corrected chi connectivity index (χ3v) is 3.74. The van der Waals surface area contributed by atoms with Gasteiger partial charge < -0.3 is 4.79 Å². The zero-order chi connectivity index (χ0) is 8.77. The van der Waals surface area contributed by atoms with Crippen LogP contribution in [0.3, 0.4) is 0 Å². The Hall–Kier alpha value is -0.590. The van der Waals surface area contributed by atoms with Gasteiger partial charge in [-0.15, -0.1) is 0 Å². The average Bonchev–Trinajstić information content (AvgIpc) is 2.77. The minimum atomic E-state index is 0.131. The van der Waals surface area contributed by atoms with E-state index in [1.54, 1.807) is 0 Å². The van der Waals surface area contributed by atoms with Crippen molar-refractivity contribution in [3.05, 3.63) is 12.2 Å². The van der Waals surface area contributed by atoms with E-state index in [4.69, 9.17) is 0 Å². The van der Waals surface area contributed by atoms with E-state index in [2.05, 4.69) is 13.5 Å². The molecule has 0 bridgehead atoms. The molecule has 2 aliphatic carbocycles. The molecule has 0 heterocycles. The van der Waals surface area contributed by atoms with E-state index >= 15 is 0 Å². The van der Waals surface area contributed by atoms with Gasteiger partial charge in [0.25, 0.3) is 0 Å². The van der Waals surface area contributed by atoms with Crippen molar-refractivity contribution >= 4 is 6.29 Å². The van der Waals surface area contributed by atoms with Crippen LogP contribution in [0.5, 0.6) is 0 Å². The summed E-state index contributed by atoms with van der Waals surface area (Å²) in [5.74, 6) is 1.40. The molecule has 66 valence electrons. The molecule has 0 aromatic rings. The first kappa shape index (κ1) is 8.03. The average molecular weight is 164 g/mol. The van der Waals surface area contributed by atoms with Crippen LogP contribution in [0.4, 0.5) is 0 Å². The Morgan fingerprint density at radius 3 is 2.92 bits per heavy atom. The fraction of sp³-hybridized carbons (Fsp3) is 0.727. The molecule has 0 spiro atoms. The van der Waals surface area contributed by atoms with Crippen molar-refractivity contribution < 1.29 is 4.79 Å². The van der Waals surface area contributed by atoms with Gasteiger partial charge in [0.2, 0.25) is 0 Å². The normalized spacial score (nSPS) is 44.8. The van der Waals surface area contributed by atoms with E-state index in [-0.39, 0.29) is 5.41 Å². The van der Waals surface area contributed by atoms with Crippen LogP contribution < -0.4 is 0 Å². The molecular formula is C11H16O. The zero-order valence-corrected chi connectivity index (χ0v) is 7.68. The zero-order valence-electron chi connectivity index (χ0n) is 7.68. The summed E-state index contributed by atoms with van der Waals surface area (Å²) in [4.78, 5) is 10.8. The molecule has 1 heteroatoms. The van der Waals surface area contributed by atoms with Gasteiger partial charge in [0.05, 0.1) is 0 Å². The van der Waals surface area contributed by atoms with E-state index < -0.39 is 0 Å². The number of fused-ring (bicyclic) bond motifs is 1. The van der Waals surface area contributed by atoms with Crippen LogP contribution in [0.1, 0.15) is 32.6 Å². The largest absolute Gasteiger partial charge is 0.303 e. The molecule has 0 unspecified atom stereocenters. The number of aldehydes is 1. The summed E-state index contributed by atoms with van der Waals surface area (Å²) in [7, 11) is 0. The molecule has 0 aromatic heterocycles. The van der Waals surface area contributed by atoms with Gasteiger partial charge in [0.1, 0.15) is 6.29 Å². The van der Waals surface area contributed by atoms with Crippen molar-refractivity contribution in [3.8, 4) is 0 Å². The predicted molar refractivity (Wildman–Crippen MR) is 48.8 cm³/mol. The number of rotatable bonds is 2. The standard InChI is InChI=1S/C11H16O/c1-8(2)9-3-4-11(7-12)6-10(11)5-9/h7,9-10H,1,3-6H2,2H3/t9-,10+,11-/m0/s1. The highest BCUT2D eigenvalue weighted by Gasteiger charge is 2.56. The first-order chi connectivity index (χ1) is 5.68. The second-order valence-corrected chi connectivity index (χ2v) is 4.57. The number of hydrogen-bond acceptors (Lipinski definition) is 1. The first-order valence-corrected chi connectivity index (χ1v) is 4.80. The number of allylic oxidation sites excluding steroid dienone is 1. The number of hydrogen-bond donors (Lipinski definition) is 0. The second kappa shape index (κ2) is 2.45. The lowest BCUT2D eigenvalue weighted by Gasteiger charge is -2.24. The summed E-state index contributed by atoms with van der Waals surface area (Å²) in [5, 5.41) is 0. The molecule has 2 fully saturated rings. The topological polar surface area (TPSA) is 17.1 Å². The van der Waals surface area contributed by atoms with Crippen LogP contribution >= 0.6 is 0 Å². The van der Waals surface area contributed by atoms with E-state index in [9.17, 15) is 4.79 Å². The van der Waals surface area contributed by atoms with E-state index in [0.29, 0.717) is 11.8 Å². The molecular weight excluding hydrogens is 148 g/mol. The van der Waals surface area contributed by atoms with Crippen LogP contribution in [0.25, 0.3) is 0 Å². The third-order valence-electron chi connectivity index (χ3n) is 3.74. The highest BCUT2D eigenvalue weighted by atomic mass is 16.1. The van der Waals surface area contributed by atoms with Crippen molar-refractivity contribution in [2.24, 2.45) is 17.3 Å². The monoisotopic (exact) mass is 164 g/mol. The molecule has 0 radical (unpaired) electrons. The maximum Gasteiger partial charge on any atom is 0.126 e. The summed E-state index contributed by atoms with van der Waals surface area (Å²) in [5.41, 5.74) is 1.44. The smallest absolute Gasteiger partial charge is 0.126 e. The summed E-state index contributed by atoms with van der Waals surface area (Å²) >= 11 is 0. The van der Waals surface area contributed by atoms with Crippen molar-refractivity contribution in [2.45, 2.75) is 32.6 Å². The van der Waals surface area contributed by atoms with Crippen molar-refractivity contribution in [1.29, 1.82) is 0 Å². The summed E-state index contributed by atoms with van der Waals surface area (Å²) < 4.78 is 0. The van der Waals surface area contributed by atoms with Gasteiger partial charge in [0, 0.05) is 5.41 Å². The van der Waals surface area contributed by atoms with Gasteiger partial charge in [-0.2, -0.15) is 0 Å². The molecule has 0 N–H and O–H groups in total. The Kier molecular flexibility index (Phi) is 1.64. The minimum Gasteiger partial charge on any atom is -0.303 e. The minimum absolute atomic E-state index is 0.131. The molecule has 12 heavy (non-hydrogen) atoms. The van der Waals surface area contributed by atoms with Gasteiger partial charge >= 0.3 is 0 Å². The Balaban J connectivity index is 2.00. The maximum atomic E-state index is 10.8. The number of carbonyl (C=O) groups excluding carboxylic acids is 1. The summed E-state index contributed by atoms with van der Waals surface area (Å²) in [6, 6.07) is 0. The Bertz CT molecular complexity index is 231. The van der Waals surface area contributed by atoms with Gasteiger partial charge in [-0.25, -0.2) is 0 Å². The SMILES string of the molecule is C=C(C)[C@H]1CC[C@@]2(C=O)C[C@H]2C1. The van der Waals surface area contributed by atoms with E-state index in [1.165, 1.54) is 24.7 Å². The van der Waals surface area contributed by atoms with Crippen molar-refractivity contribution in [3.63, 3.8) is 0 Å². The van der Waals surface area contributed by atoms with Crippen LogP contribution in [-0.2, 0) is 4.79 Å². The molecule has 0 amide bonds. The van der Waals surface area contributed by atoms with Crippen molar-refractivity contribution in [2.75, 3.05) is 0 Å². The molecule has 2 aliphatic rings. The lowest BCUT2D eigenvalue weighted by Crippen LogP contribution is -2.17. The lowest BCUT2D eigenvalue weighted by atomic mass is 9.80. The quantitative estimate of drug-likeness (QED) is 0.453. The second-order valence-electron chi connectivity index (χ2n) is 4.57. The van der Waals surface area contributed by atoms with Gasteiger partial charge in [-0.05, 0) is 44.4 Å². The molecule has 2 saturated carbocycles. The molecule has 2 rings (SSSR count). The lowest BCUT2D eigenvalue weighted by molar-refractivity contribution is -0.113. The maximum absolute atomic E-state index is 10.8. The van der Waals surface area contributed by atoms with Crippen LogP contribution in [0, 0.1) is 17.3 Å². The fourth-order valence-electron chi connectivity index (χ4n) is 2.58. The van der Waals surface area contributed by atoms with Gasteiger partial charge in [0.15, 0.2) is 0 Å². The Morgan fingerprint density at radius 1 is 1.67 bits per heavy atom. The number of carbonyl (C=O) groups is 1. The van der Waals surface area contributed by atoms with Crippen LogP contribution in [0.2, 0.25) is 0 Å². The molecule has 3 atom stereocenters. The molecule has 0 aliphatic heterocycles. The molecule has 0 saturated heterocycles. The molecule has 0 aromatic carbocycles. The van der Waals surface area contributed by atoms with E-state index in [0.717, 1.165) is 12.8 Å². The van der Waals surface area contributed by atoms with Crippen molar-refractivity contribution in [1.82, 2.24) is 0 Å². The van der Waals surface area contributed by atoms with E-state index in [1.807, 2.05) is 0 Å². The molecule has 1 nitrogen and oxygen atoms in total. The van der Waals surface area contributed by atoms with Gasteiger partial charge in [-0.1, -0.05) is 12.2 Å². The summed E-state index contributed by atoms with van der Waals surface area (Å²) in [6.45, 7) is 6.10. The fourth-order valence-corrected chi connectivity index (χ4v) is 2.58. The van der Waals surface area contributed by atoms with Gasteiger partial charge in [-0.3, -0.25) is 0 Å². The highest BCUT2D eigenvalue weighted by Crippen LogP contribution is 2.61. The third kappa shape index (κ3) is 1.03. The Morgan fingerprint density at radius 2 is 2.42 bits per heavy atom. The first-order valence-electron chi connectivity index (χ1n) is 4.80. The summed E-state index contributed by atoms with van der Waals surface area (Å²) in [6.07, 6.45) is 5.87. The van der Waals surface area contributed by atoms with Crippen LogP contribution in [-0.4, -0.2) is 6.29 Å². The Labute approximate surface area is 73.8 Å². The highest BCUT2D eigenvalue weighted by molar-refractivity contribution is 5.65. The predicted octanol–water partition coefficient (Wildman–Crippen LogP) is 2.57.